The van der Waals surface area contributed by atoms with Crippen LogP contribution < -0.4 is 0 Å². The Morgan fingerprint density at radius 3 is 2.26 bits per heavy atom. The maximum absolute atomic E-state index is 11.3. The van der Waals surface area contributed by atoms with Gasteiger partial charge in [0.25, 0.3) is 5.22 Å². The summed E-state index contributed by atoms with van der Waals surface area (Å²) < 4.78 is 10.5. The average molecular weight is 325 g/mol. The number of thioether (sulfide) groups is 1. The molecule has 116 valence electrons. The fourth-order valence-electron chi connectivity index (χ4n) is 2.12. The molecule has 0 spiro atoms. The van der Waals surface area contributed by atoms with Gasteiger partial charge in [0.05, 0.1) is 7.11 Å². The number of ether oxygens (including phenoxy) is 1. The molecule has 1 aromatic heterocycles. The van der Waals surface area contributed by atoms with E-state index in [0.29, 0.717) is 11.0 Å². The lowest BCUT2D eigenvalue weighted by Gasteiger charge is -2.00. The van der Waals surface area contributed by atoms with Gasteiger partial charge in [-0.3, -0.25) is 4.79 Å². The minimum Gasteiger partial charge on any atom is -0.468 e. The van der Waals surface area contributed by atoms with Crippen molar-refractivity contribution in [2.45, 2.75) is 5.22 Å². The molecule has 5 heteroatoms. The van der Waals surface area contributed by atoms with Gasteiger partial charge in [-0.25, -0.2) is 4.98 Å². The Labute approximate surface area is 138 Å². The van der Waals surface area contributed by atoms with E-state index in [0.717, 1.165) is 16.8 Å². The second kappa shape index (κ2) is 7.15. The van der Waals surface area contributed by atoms with Crippen molar-refractivity contribution in [1.82, 2.24) is 4.98 Å². The summed E-state index contributed by atoms with van der Waals surface area (Å²) in [7, 11) is 1.36. The highest BCUT2D eigenvalue weighted by Gasteiger charge is 2.17. The van der Waals surface area contributed by atoms with Crippen LogP contribution in [0.5, 0.6) is 0 Å². The normalized spacial score (nSPS) is 10.5. The van der Waals surface area contributed by atoms with Gasteiger partial charge >= 0.3 is 5.97 Å². The molecule has 0 fully saturated rings. The third-order valence-corrected chi connectivity index (χ3v) is 4.03. The maximum Gasteiger partial charge on any atom is 0.316 e. The van der Waals surface area contributed by atoms with Gasteiger partial charge in [-0.15, -0.1) is 0 Å². The molecular formula is C18H15NO3S. The summed E-state index contributed by atoms with van der Waals surface area (Å²) in [5.74, 6) is 0.555. The van der Waals surface area contributed by atoms with Gasteiger partial charge in [-0.05, 0) is 0 Å². The van der Waals surface area contributed by atoms with E-state index in [1.165, 1.54) is 18.9 Å². The Bertz CT molecular complexity index is 728. The summed E-state index contributed by atoms with van der Waals surface area (Å²) in [6, 6.07) is 19.6. The molecule has 0 atom stereocenters. The molecule has 0 bridgehead atoms. The number of carbonyl (C=O) groups is 1. The topological polar surface area (TPSA) is 52.3 Å². The first kappa shape index (κ1) is 15.4. The zero-order valence-electron chi connectivity index (χ0n) is 12.6. The van der Waals surface area contributed by atoms with Gasteiger partial charge in [0.2, 0.25) is 0 Å². The number of hydrogen-bond donors (Lipinski definition) is 0. The minimum absolute atomic E-state index is 0.166. The van der Waals surface area contributed by atoms with Crippen molar-refractivity contribution in [2.75, 3.05) is 12.9 Å². The van der Waals surface area contributed by atoms with E-state index in [-0.39, 0.29) is 11.7 Å². The molecule has 23 heavy (non-hydrogen) atoms. The summed E-state index contributed by atoms with van der Waals surface area (Å²) >= 11 is 1.23. The Hall–Kier alpha value is -2.53. The van der Waals surface area contributed by atoms with E-state index >= 15 is 0 Å². The molecule has 0 unspecified atom stereocenters. The van der Waals surface area contributed by atoms with Crippen LogP contribution in [0.25, 0.3) is 22.6 Å². The van der Waals surface area contributed by atoms with Crippen LogP contribution in [0.1, 0.15) is 0 Å². The molecule has 4 nitrogen and oxygen atoms in total. The van der Waals surface area contributed by atoms with Gasteiger partial charge in [-0.1, -0.05) is 72.4 Å². The zero-order chi connectivity index (χ0) is 16.1. The largest absolute Gasteiger partial charge is 0.468 e. The number of esters is 1. The van der Waals surface area contributed by atoms with Crippen molar-refractivity contribution < 1.29 is 13.9 Å². The van der Waals surface area contributed by atoms with Crippen molar-refractivity contribution in [2.24, 2.45) is 0 Å². The lowest BCUT2D eigenvalue weighted by atomic mass is 10.1. The third kappa shape index (κ3) is 3.63. The van der Waals surface area contributed by atoms with E-state index in [1.807, 2.05) is 60.7 Å². The second-order valence-corrected chi connectivity index (χ2v) is 5.68. The third-order valence-electron chi connectivity index (χ3n) is 3.23. The van der Waals surface area contributed by atoms with E-state index in [4.69, 9.17) is 4.42 Å². The van der Waals surface area contributed by atoms with Crippen LogP contribution >= 0.6 is 11.8 Å². The highest BCUT2D eigenvalue weighted by molar-refractivity contribution is 7.99. The molecule has 1 heterocycles. The summed E-state index contributed by atoms with van der Waals surface area (Å²) in [6.45, 7) is 0. The number of carbonyl (C=O) groups excluding carboxylic acids is 1. The maximum atomic E-state index is 11.3. The highest BCUT2D eigenvalue weighted by atomic mass is 32.2. The molecule has 3 rings (SSSR count). The average Bonchev–Trinajstić information content (AvgIpc) is 3.05. The summed E-state index contributed by atoms with van der Waals surface area (Å²) in [5.41, 5.74) is 2.69. The first-order valence-electron chi connectivity index (χ1n) is 7.09. The summed E-state index contributed by atoms with van der Waals surface area (Å²) in [4.78, 5) is 15.9. The highest BCUT2D eigenvalue weighted by Crippen LogP contribution is 2.35. The summed E-state index contributed by atoms with van der Waals surface area (Å²) in [5, 5.41) is 0.452. The molecule has 0 N–H and O–H groups in total. The predicted molar refractivity (Wildman–Crippen MR) is 90.1 cm³/mol. The molecule has 0 aliphatic heterocycles. The van der Waals surface area contributed by atoms with Crippen molar-refractivity contribution in [1.29, 1.82) is 0 Å². The van der Waals surface area contributed by atoms with Gasteiger partial charge in [-0.2, -0.15) is 0 Å². The Kier molecular flexibility index (Phi) is 4.78. The monoisotopic (exact) mass is 325 g/mol. The first-order chi connectivity index (χ1) is 11.3. The Morgan fingerprint density at radius 1 is 1.04 bits per heavy atom. The van der Waals surface area contributed by atoms with Gasteiger partial charge in [0.15, 0.2) is 5.76 Å². The van der Waals surface area contributed by atoms with Crippen LogP contribution in [-0.4, -0.2) is 23.8 Å². The Balaban J connectivity index is 1.99. The fraction of sp³-hybridized carbons (Fsp3) is 0.111. The van der Waals surface area contributed by atoms with Gasteiger partial charge in [0, 0.05) is 11.1 Å². The smallest absolute Gasteiger partial charge is 0.316 e. The van der Waals surface area contributed by atoms with Crippen LogP contribution in [0.15, 0.2) is 70.3 Å². The molecule has 0 radical (unpaired) electrons. The molecule has 0 amide bonds. The van der Waals surface area contributed by atoms with Crippen molar-refractivity contribution in [3.8, 4) is 22.6 Å². The standard InChI is InChI=1S/C18H15NO3S/c1-21-15(20)12-23-18-19-16(13-8-4-2-5-9-13)17(22-18)14-10-6-3-7-11-14/h2-11H,12H2,1H3. The number of benzene rings is 2. The van der Waals surface area contributed by atoms with Gasteiger partial charge in [0.1, 0.15) is 11.4 Å². The molecule has 0 saturated heterocycles. The number of nitrogens with zero attached hydrogens (tertiary/aromatic N) is 1. The summed E-state index contributed by atoms with van der Waals surface area (Å²) in [6.07, 6.45) is 0. The molecule has 3 aromatic rings. The quantitative estimate of drug-likeness (QED) is 0.518. The van der Waals surface area contributed by atoms with Crippen LogP contribution in [0, 0.1) is 0 Å². The Morgan fingerprint density at radius 2 is 1.65 bits per heavy atom. The zero-order valence-corrected chi connectivity index (χ0v) is 13.4. The van der Waals surface area contributed by atoms with Crippen molar-refractivity contribution in [3.05, 3.63) is 60.7 Å². The number of methoxy groups -OCH3 is 1. The number of aromatic nitrogens is 1. The van der Waals surface area contributed by atoms with Crippen molar-refractivity contribution >= 4 is 17.7 Å². The lowest BCUT2D eigenvalue weighted by Crippen LogP contribution is -2.02. The van der Waals surface area contributed by atoms with Crippen LogP contribution in [0.2, 0.25) is 0 Å². The minimum atomic E-state index is -0.310. The number of oxazole rings is 1. The number of rotatable bonds is 5. The van der Waals surface area contributed by atoms with Crippen LogP contribution in [0.4, 0.5) is 0 Å². The molecule has 0 saturated carbocycles. The molecule has 0 aliphatic carbocycles. The van der Waals surface area contributed by atoms with Gasteiger partial charge < -0.3 is 9.15 Å². The lowest BCUT2D eigenvalue weighted by molar-refractivity contribution is -0.137. The first-order valence-corrected chi connectivity index (χ1v) is 8.08. The van der Waals surface area contributed by atoms with E-state index in [2.05, 4.69) is 9.72 Å². The van der Waals surface area contributed by atoms with E-state index < -0.39 is 0 Å². The number of hydrogen-bond acceptors (Lipinski definition) is 5. The predicted octanol–water partition coefficient (Wildman–Crippen LogP) is 4.27. The second-order valence-electron chi connectivity index (χ2n) is 4.75. The SMILES string of the molecule is COC(=O)CSc1nc(-c2ccccc2)c(-c2ccccc2)o1. The van der Waals surface area contributed by atoms with Crippen LogP contribution in [0.3, 0.4) is 0 Å². The van der Waals surface area contributed by atoms with E-state index in [9.17, 15) is 4.79 Å². The fourth-order valence-corrected chi connectivity index (χ4v) is 2.78. The van der Waals surface area contributed by atoms with Crippen LogP contribution in [-0.2, 0) is 9.53 Å². The molecule has 2 aromatic carbocycles. The van der Waals surface area contributed by atoms with Crippen molar-refractivity contribution in [3.63, 3.8) is 0 Å². The van der Waals surface area contributed by atoms with E-state index in [1.54, 1.807) is 0 Å². The molecular weight excluding hydrogens is 310 g/mol. The molecule has 0 aliphatic rings.